The topological polar surface area (TPSA) is 124 Å². The second kappa shape index (κ2) is 9.13. The zero-order valence-corrected chi connectivity index (χ0v) is 19.1. The molecule has 0 fully saturated rings. The molecule has 0 N–H and O–H groups in total. The standard InChI is InChI=1S/C25H22N2O8/c1-3-32-24(29)22-18(14-4-9-20-21(12-14)34-13-33-20)10-15(11-19(22)28)23-25(30)35-26-27(23)16-5-7-17(31-2)8-6-16/h4-9,11-12,18,22H,3,10,13H2,1-2H3. The first-order valence-corrected chi connectivity index (χ1v) is 11.0. The summed E-state index contributed by atoms with van der Waals surface area (Å²) in [6, 6.07) is 12.1. The molecule has 1 aliphatic carbocycles. The molecule has 0 saturated heterocycles. The fraction of sp³-hybridized carbons (Fsp3) is 0.280. The largest absolute Gasteiger partial charge is 0.539 e. The van der Waals surface area contributed by atoms with E-state index in [1.54, 1.807) is 56.5 Å². The molecule has 10 heteroatoms. The van der Waals surface area contributed by atoms with Gasteiger partial charge in [-0.05, 0) is 53.9 Å². The van der Waals surface area contributed by atoms with Crippen molar-refractivity contribution in [3.05, 3.63) is 59.8 Å². The highest BCUT2D eigenvalue weighted by molar-refractivity contribution is 6.10. The van der Waals surface area contributed by atoms with Crippen LogP contribution in [0.3, 0.4) is 0 Å². The van der Waals surface area contributed by atoms with E-state index in [0.29, 0.717) is 34.1 Å². The fourth-order valence-electron chi connectivity index (χ4n) is 4.42. The van der Waals surface area contributed by atoms with E-state index in [-0.39, 0.29) is 25.5 Å². The number of methoxy groups -OCH3 is 1. The van der Waals surface area contributed by atoms with Crippen LogP contribution in [0.1, 0.15) is 30.5 Å². The third kappa shape index (κ3) is 4.07. The van der Waals surface area contributed by atoms with E-state index in [1.165, 1.54) is 10.8 Å². The number of allylic oxidation sites excluding steroid dienone is 2. The first-order valence-electron chi connectivity index (χ1n) is 11.0. The van der Waals surface area contributed by atoms with Gasteiger partial charge in [-0.15, -0.1) is 0 Å². The van der Waals surface area contributed by atoms with Crippen molar-refractivity contribution in [3.8, 4) is 28.9 Å². The average Bonchev–Trinajstić information content (AvgIpc) is 3.49. The van der Waals surface area contributed by atoms with E-state index in [0.717, 1.165) is 0 Å². The maximum absolute atomic E-state index is 13.3. The molecule has 3 aromatic rings. The Hall–Kier alpha value is -4.34. The molecule has 2 aliphatic rings. The van der Waals surface area contributed by atoms with Gasteiger partial charge in [-0.25, -0.2) is 0 Å². The van der Waals surface area contributed by atoms with E-state index in [4.69, 9.17) is 23.5 Å². The Balaban J connectivity index is 1.57. The van der Waals surface area contributed by atoms with E-state index in [9.17, 15) is 14.7 Å². The Morgan fingerprint density at radius 2 is 1.94 bits per heavy atom. The molecular weight excluding hydrogens is 456 g/mol. The number of hydrogen-bond acceptors (Lipinski definition) is 9. The van der Waals surface area contributed by atoms with Gasteiger partial charge in [0.2, 0.25) is 12.5 Å². The van der Waals surface area contributed by atoms with Crippen LogP contribution in [0.5, 0.6) is 23.2 Å². The molecule has 2 unspecified atom stereocenters. The predicted molar refractivity (Wildman–Crippen MR) is 117 cm³/mol. The van der Waals surface area contributed by atoms with Crippen molar-refractivity contribution in [2.75, 3.05) is 20.5 Å². The van der Waals surface area contributed by atoms with E-state index in [1.807, 2.05) is 0 Å². The Labute approximate surface area is 200 Å². The molecule has 2 aromatic carbocycles. The van der Waals surface area contributed by atoms with Crippen molar-refractivity contribution in [2.24, 2.45) is 5.92 Å². The van der Waals surface area contributed by atoms with Crippen molar-refractivity contribution in [1.29, 1.82) is 0 Å². The van der Waals surface area contributed by atoms with Crippen LogP contribution < -0.4 is 24.0 Å². The molecule has 1 aromatic heterocycles. The summed E-state index contributed by atoms with van der Waals surface area (Å²) < 4.78 is 27.6. The molecule has 35 heavy (non-hydrogen) atoms. The number of benzene rings is 2. The number of esters is 1. The van der Waals surface area contributed by atoms with Gasteiger partial charge in [0.05, 0.1) is 19.0 Å². The van der Waals surface area contributed by atoms with E-state index in [2.05, 4.69) is 5.27 Å². The number of ketones is 1. The van der Waals surface area contributed by atoms with Gasteiger partial charge in [0.1, 0.15) is 11.7 Å². The Morgan fingerprint density at radius 1 is 1.17 bits per heavy atom. The minimum atomic E-state index is -1.07. The van der Waals surface area contributed by atoms with Gasteiger partial charge in [-0.2, -0.15) is 0 Å². The molecule has 0 amide bonds. The molecule has 0 radical (unpaired) electrons. The van der Waals surface area contributed by atoms with Gasteiger partial charge in [0.15, 0.2) is 23.2 Å². The molecule has 0 spiro atoms. The lowest BCUT2D eigenvalue weighted by Gasteiger charge is -2.28. The molecular formula is C25H22N2O8. The van der Waals surface area contributed by atoms with E-state index < -0.39 is 29.5 Å². The molecule has 1 aliphatic heterocycles. The zero-order chi connectivity index (χ0) is 24.5. The molecule has 2 heterocycles. The summed E-state index contributed by atoms with van der Waals surface area (Å²) in [7, 11) is 1.55. The quantitative estimate of drug-likeness (QED) is 0.297. The minimum Gasteiger partial charge on any atom is -0.539 e. The second-order valence-corrected chi connectivity index (χ2v) is 8.04. The average molecular weight is 478 g/mol. The van der Waals surface area contributed by atoms with Crippen LogP contribution in [0, 0.1) is 5.92 Å². The Kier molecular flexibility index (Phi) is 5.86. The van der Waals surface area contributed by atoms with Crippen LogP contribution in [0.15, 0.2) is 53.1 Å². The number of carbonyl (C=O) groups excluding carboxylic acids is 2. The highest BCUT2D eigenvalue weighted by atomic mass is 16.7. The predicted octanol–water partition coefficient (Wildman–Crippen LogP) is 2.08. The van der Waals surface area contributed by atoms with Crippen molar-refractivity contribution < 1.29 is 42.8 Å². The van der Waals surface area contributed by atoms with Crippen LogP contribution in [0.25, 0.3) is 11.3 Å². The number of aromatic nitrogens is 2. The van der Waals surface area contributed by atoms with Gasteiger partial charge in [-0.3, -0.25) is 9.59 Å². The third-order valence-electron chi connectivity index (χ3n) is 6.06. The monoisotopic (exact) mass is 478 g/mol. The van der Waals surface area contributed by atoms with Crippen molar-refractivity contribution in [3.63, 3.8) is 0 Å². The summed E-state index contributed by atoms with van der Waals surface area (Å²) in [6.07, 6.45) is 1.50. The van der Waals surface area contributed by atoms with Crippen LogP contribution >= 0.6 is 0 Å². The first kappa shape index (κ1) is 22.5. The first-order chi connectivity index (χ1) is 17.0. The van der Waals surface area contributed by atoms with Crippen molar-refractivity contribution >= 4 is 17.3 Å². The SMILES string of the molecule is CCOC(=O)C1C(=O)C=C(c2c([O-])on[n+]2-c2ccc(OC)cc2)CC1c1ccc2c(c1)OCO2. The summed E-state index contributed by atoms with van der Waals surface area (Å²) >= 11 is 0. The number of rotatable bonds is 6. The summed E-state index contributed by atoms with van der Waals surface area (Å²) in [6.45, 7) is 1.92. The highest BCUT2D eigenvalue weighted by Crippen LogP contribution is 2.44. The van der Waals surface area contributed by atoms with Gasteiger partial charge >= 0.3 is 5.97 Å². The van der Waals surface area contributed by atoms with Crippen LogP contribution in [-0.4, -0.2) is 37.5 Å². The maximum Gasteiger partial charge on any atom is 0.317 e. The van der Waals surface area contributed by atoms with Gasteiger partial charge in [-0.1, -0.05) is 6.07 Å². The van der Waals surface area contributed by atoms with Gasteiger partial charge in [0, 0.05) is 23.6 Å². The van der Waals surface area contributed by atoms with Crippen molar-refractivity contribution in [2.45, 2.75) is 19.3 Å². The summed E-state index contributed by atoms with van der Waals surface area (Å²) in [4.78, 5) is 26.1. The molecule has 5 rings (SSSR count). The number of hydrogen-bond donors (Lipinski definition) is 0. The van der Waals surface area contributed by atoms with Crippen LogP contribution in [-0.2, 0) is 14.3 Å². The molecule has 180 valence electrons. The Morgan fingerprint density at radius 3 is 2.69 bits per heavy atom. The molecule has 0 saturated carbocycles. The molecule has 0 bridgehead atoms. The number of carbonyl (C=O) groups is 2. The zero-order valence-electron chi connectivity index (χ0n) is 19.1. The lowest BCUT2D eigenvalue weighted by atomic mass is 9.74. The smallest absolute Gasteiger partial charge is 0.317 e. The van der Waals surface area contributed by atoms with Crippen LogP contribution in [0.4, 0.5) is 0 Å². The molecule has 2 atom stereocenters. The maximum atomic E-state index is 13.3. The Bertz CT molecular complexity index is 1310. The highest BCUT2D eigenvalue weighted by Gasteiger charge is 2.42. The number of nitrogens with zero attached hydrogens (tertiary/aromatic N) is 2. The lowest BCUT2D eigenvalue weighted by molar-refractivity contribution is -0.672. The van der Waals surface area contributed by atoms with Gasteiger partial charge < -0.3 is 28.6 Å². The van der Waals surface area contributed by atoms with Crippen molar-refractivity contribution in [1.82, 2.24) is 5.27 Å². The molecule has 10 nitrogen and oxygen atoms in total. The number of fused-ring (bicyclic) bond motifs is 1. The third-order valence-corrected chi connectivity index (χ3v) is 6.06. The summed E-state index contributed by atoms with van der Waals surface area (Å²) in [5, 5.41) is 16.6. The fourth-order valence-corrected chi connectivity index (χ4v) is 4.42. The van der Waals surface area contributed by atoms with E-state index >= 15 is 0 Å². The lowest BCUT2D eigenvalue weighted by Crippen LogP contribution is -2.39. The van der Waals surface area contributed by atoms with Gasteiger partial charge in [0.25, 0.3) is 5.69 Å². The second-order valence-electron chi connectivity index (χ2n) is 8.04. The summed E-state index contributed by atoms with van der Waals surface area (Å²) in [5.41, 5.74) is 1.75. The normalized spacial score (nSPS) is 18.8. The van der Waals surface area contributed by atoms with Crippen LogP contribution in [0.2, 0.25) is 0 Å². The minimum absolute atomic E-state index is 0.0942. The number of ether oxygens (including phenoxy) is 4. The summed E-state index contributed by atoms with van der Waals surface area (Å²) in [5.74, 6) is -1.71.